The zero-order chi connectivity index (χ0) is 26.7. The van der Waals surface area contributed by atoms with E-state index in [9.17, 15) is 14.0 Å². The molecule has 6 rings (SSSR count). The first-order valence-electron chi connectivity index (χ1n) is 12.2. The second kappa shape index (κ2) is 10.7. The van der Waals surface area contributed by atoms with Crippen molar-refractivity contribution >= 4 is 39.1 Å². The molecule has 8 nitrogen and oxygen atoms in total. The van der Waals surface area contributed by atoms with Gasteiger partial charge in [-0.05, 0) is 60.9 Å². The summed E-state index contributed by atoms with van der Waals surface area (Å²) in [5, 5.41) is 1.77. The lowest BCUT2D eigenvalue weighted by atomic mass is 9.73. The number of aromatic nitrogens is 4. The van der Waals surface area contributed by atoms with Crippen LogP contribution in [0.4, 0.5) is 10.1 Å². The summed E-state index contributed by atoms with van der Waals surface area (Å²) < 4.78 is 12.6. The quantitative estimate of drug-likeness (QED) is 0.321. The fourth-order valence-corrected chi connectivity index (χ4v) is 5.03. The molecule has 0 atom stereocenters. The van der Waals surface area contributed by atoms with E-state index in [0.29, 0.717) is 22.8 Å². The fraction of sp³-hybridized carbons (Fsp3) is 0.214. The highest BCUT2D eigenvalue weighted by atomic mass is 35.5. The van der Waals surface area contributed by atoms with Gasteiger partial charge in [0.25, 0.3) is 11.1 Å². The number of nitrogens with one attached hydrogen (secondary N) is 2. The molecule has 1 saturated heterocycles. The standard InChI is InChI=1S/C20H21ClN4O.C8H5FN2O/c21-15-3-1-14(2-4-15)20(12-22)7-9-25(10-8-20)16-5-6-17-18(11-16)23-13-24-19(17)26;9-5-1-2-6-7(3-5)10-4-11-8(6)12/h1-6,11,13H,7-10,12,22H2,(H,23,24,26);1-4H,(H,10,11,12). The molecule has 3 heterocycles. The summed E-state index contributed by atoms with van der Waals surface area (Å²) in [6.45, 7) is 2.44. The number of anilines is 1. The highest BCUT2D eigenvalue weighted by Crippen LogP contribution is 2.37. The molecular formula is C28H26ClFN6O2. The largest absolute Gasteiger partial charge is 0.371 e. The summed E-state index contributed by atoms with van der Waals surface area (Å²) in [5.74, 6) is -0.388. The van der Waals surface area contributed by atoms with Gasteiger partial charge in [-0.3, -0.25) is 9.59 Å². The minimum atomic E-state index is -0.388. The van der Waals surface area contributed by atoms with E-state index in [2.05, 4.69) is 37.0 Å². The first-order chi connectivity index (χ1) is 18.4. The van der Waals surface area contributed by atoms with Gasteiger partial charge in [-0.2, -0.15) is 0 Å². The number of fused-ring (bicyclic) bond motifs is 2. The number of hydrogen-bond acceptors (Lipinski definition) is 6. The summed E-state index contributed by atoms with van der Waals surface area (Å²) in [7, 11) is 0. The van der Waals surface area contributed by atoms with Crippen LogP contribution < -0.4 is 21.8 Å². The lowest BCUT2D eigenvalue weighted by Crippen LogP contribution is -2.46. The topological polar surface area (TPSA) is 121 Å². The molecule has 38 heavy (non-hydrogen) atoms. The van der Waals surface area contributed by atoms with Crippen molar-refractivity contribution in [3.8, 4) is 0 Å². The van der Waals surface area contributed by atoms with Gasteiger partial charge in [-0.1, -0.05) is 23.7 Å². The van der Waals surface area contributed by atoms with Gasteiger partial charge < -0.3 is 20.6 Å². The summed E-state index contributed by atoms with van der Waals surface area (Å²) in [4.78, 5) is 38.4. The highest BCUT2D eigenvalue weighted by molar-refractivity contribution is 6.30. The Labute approximate surface area is 222 Å². The molecule has 194 valence electrons. The predicted octanol–water partition coefficient (Wildman–Crippen LogP) is 4.14. The summed E-state index contributed by atoms with van der Waals surface area (Å²) in [6, 6.07) is 17.8. The lowest BCUT2D eigenvalue weighted by Gasteiger charge is -2.42. The van der Waals surface area contributed by atoms with Crippen LogP contribution in [0.25, 0.3) is 21.8 Å². The molecular weight excluding hydrogens is 507 g/mol. The van der Waals surface area contributed by atoms with Crippen LogP contribution in [0.5, 0.6) is 0 Å². The molecule has 1 fully saturated rings. The maximum absolute atomic E-state index is 12.6. The van der Waals surface area contributed by atoms with Crippen molar-refractivity contribution in [1.29, 1.82) is 0 Å². The Kier molecular flexibility index (Phi) is 7.22. The zero-order valence-corrected chi connectivity index (χ0v) is 21.2. The van der Waals surface area contributed by atoms with Crippen molar-refractivity contribution in [3.05, 3.63) is 110 Å². The SMILES string of the molecule is NCC1(c2ccc(Cl)cc2)CCN(c2ccc3c(=O)[nH]cnc3c2)CC1.O=c1[nH]cnc2cc(F)ccc12. The number of nitrogens with zero attached hydrogens (tertiary/aromatic N) is 3. The molecule has 4 N–H and O–H groups in total. The number of hydrogen-bond donors (Lipinski definition) is 3. The van der Waals surface area contributed by atoms with Crippen molar-refractivity contribution in [1.82, 2.24) is 19.9 Å². The molecule has 10 heteroatoms. The van der Waals surface area contributed by atoms with Crippen LogP contribution in [-0.2, 0) is 5.41 Å². The van der Waals surface area contributed by atoms with Gasteiger partial charge in [0.2, 0.25) is 0 Å². The Morgan fingerprint density at radius 3 is 2.05 bits per heavy atom. The van der Waals surface area contributed by atoms with E-state index in [4.69, 9.17) is 17.3 Å². The number of rotatable bonds is 3. The Bertz CT molecular complexity index is 1690. The molecule has 0 spiro atoms. The maximum Gasteiger partial charge on any atom is 0.258 e. The van der Waals surface area contributed by atoms with Crippen LogP contribution >= 0.6 is 11.6 Å². The average molecular weight is 533 g/mol. The maximum atomic E-state index is 12.6. The minimum absolute atomic E-state index is 0.00661. The summed E-state index contributed by atoms with van der Waals surface area (Å²) >= 11 is 6.03. The van der Waals surface area contributed by atoms with E-state index in [1.165, 1.54) is 36.4 Å². The van der Waals surface area contributed by atoms with Crippen LogP contribution in [0.1, 0.15) is 18.4 Å². The first-order valence-corrected chi connectivity index (χ1v) is 12.6. The Balaban J connectivity index is 0.000000204. The van der Waals surface area contributed by atoms with Gasteiger partial charge in [0.15, 0.2) is 0 Å². The van der Waals surface area contributed by atoms with Crippen LogP contribution in [0, 0.1) is 5.82 Å². The van der Waals surface area contributed by atoms with Crippen molar-refractivity contribution in [2.24, 2.45) is 5.73 Å². The predicted molar refractivity (Wildman–Crippen MR) is 148 cm³/mol. The molecule has 2 aromatic heterocycles. The Morgan fingerprint density at radius 1 is 0.868 bits per heavy atom. The third kappa shape index (κ3) is 5.16. The van der Waals surface area contributed by atoms with Gasteiger partial charge >= 0.3 is 0 Å². The fourth-order valence-electron chi connectivity index (χ4n) is 4.90. The van der Waals surface area contributed by atoms with E-state index < -0.39 is 0 Å². The summed E-state index contributed by atoms with van der Waals surface area (Å²) in [5.41, 5.74) is 9.27. The number of halogens is 2. The molecule has 0 aliphatic carbocycles. The van der Waals surface area contributed by atoms with Gasteiger partial charge in [-0.15, -0.1) is 0 Å². The van der Waals surface area contributed by atoms with Crippen LogP contribution in [-0.4, -0.2) is 39.6 Å². The zero-order valence-electron chi connectivity index (χ0n) is 20.5. The van der Waals surface area contributed by atoms with Gasteiger partial charge in [0.05, 0.1) is 34.5 Å². The van der Waals surface area contributed by atoms with Crippen LogP contribution in [0.2, 0.25) is 5.02 Å². The summed E-state index contributed by atoms with van der Waals surface area (Å²) in [6.07, 6.45) is 4.66. The molecule has 1 aliphatic rings. The number of benzene rings is 3. The van der Waals surface area contributed by atoms with Crippen molar-refractivity contribution in [2.45, 2.75) is 18.3 Å². The third-order valence-electron chi connectivity index (χ3n) is 7.16. The van der Waals surface area contributed by atoms with Crippen molar-refractivity contribution < 1.29 is 4.39 Å². The highest BCUT2D eigenvalue weighted by Gasteiger charge is 2.35. The van der Waals surface area contributed by atoms with Gasteiger partial charge in [-0.25, -0.2) is 14.4 Å². The monoisotopic (exact) mass is 532 g/mol. The molecule has 1 aliphatic heterocycles. The van der Waals surface area contributed by atoms with Crippen molar-refractivity contribution in [2.75, 3.05) is 24.5 Å². The lowest BCUT2D eigenvalue weighted by molar-refractivity contribution is 0.340. The molecule has 0 radical (unpaired) electrons. The number of nitrogens with two attached hydrogens (primary N) is 1. The van der Waals surface area contributed by atoms with E-state index in [1.54, 1.807) is 0 Å². The normalized spacial score (nSPS) is 14.8. The molecule has 0 amide bonds. The number of piperidine rings is 1. The second-order valence-electron chi connectivity index (χ2n) is 9.30. The van der Waals surface area contributed by atoms with E-state index >= 15 is 0 Å². The Hall–Kier alpha value is -4.08. The van der Waals surface area contributed by atoms with E-state index in [0.717, 1.165) is 42.2 Å². The molecule has 0 saturated carbocycles. The van der Waals surface area contributed by atoms with Gasteiger partial charge in [0.1, 0.15) is 5.82 Å². The van der Waals surface area contributed by atoms with Crippen LogP contribution in [0.15, 0.2) is 82.9 Å². The second-order valence-corrected chi connectivity index (χ2v) is 9.74. The smallest absolute Gasteiger partial charge is 0.258 e. The van der Waals surface area contributed by atoms with Crippen LogP contribution in [0.3, 0.4) is 0 Å². The third-order valence-corrected chi connectivity index (χ3v) is 7.41. The Morgan fingerprint density at radius 2 is 1.45 bits per heavy atom. The molecule has 5 aromatic rings. The van der Waals surface area contributed by atoms with Gasteiger partial charge in [0, 0.05) is 41.8 Å². The minimum Gasteiger partial charge on any atom is -0.371 e. The van der Waals surface area contributed by atoms with Crippen molar-refractivity contribution in [3.63, 3.8) is 0 Å². The average Bonchev–Trinajstić information content (AvgIpc) is 2.94. The molecule has 0 unspecified atom stereocenters. The molecule has 3 aromatic carbocycles. The molecule has 0 bridgehead atoms. The van der Waals surface area contributed by atoms with E-state index in [1.807, 2.05) is 30.3 Å². The number of aromatic amines is 2. The first kappa shape index (κ1) is 25.6. The number of H-pyrrole nitrogens is 2. The van der Waals surface area contributed by atoms with E-state index in [-0.39, 0.29) is 22.4 Å².